The first-order chi connectivity index (χ1) is 7.91. The van der Waals surface area contributed by atoms with E-state index in [9.17, 15) is 13.6 Å². The first-order valence-electron chi connectivity index (χ1n) is 4.84. The van der Waals surface area contributed by atoms with Crippen molar-refractivity contribution in [3.63, 3.8) is 0 Å². The van der Waals surface area contributed by atoms with Crippen molar-refractivity contribution in [2.75, 3.05) is 20.7 Å². The van der Waals surface area contributed by atoms with Crippen LogP contribution >= 0.6 is 15.9 Å². The number of carbonyl (C=O) groups is 1. The van der Waals surface area contributed by atoms with Gasteiger partial charge >= 0.3 is 0 Å². The number of amides is 1. The Morgan fingerprint density at radius 3 is 2.65 bits per heavy atom. The molecule has 0 atom stereocenters. The summed E-state index contributed by atoms with van der Waals surface area (Å²) in [7, 11) is 3.23. The number of hydrogen-bond donors (Lipinski definition) is 0. The molecule has 0 aliphatic rings. The van der Waals surface area contributed by atoms with Gasteiger partial charge < -0.3 is 9.64 Å². The van der Waals surface area contributed by atoms with Crippen LogP contribution in [0.2, 0.25) is 0 Å². The predicted octanol–water partition coefficient (Wildman–Crippen LogP) is 2.79. The predicted molar refractivity (Wildman–Crippen MR) is 63.7 cm³/mol. The van der Waals surface area contributed by atoms with E-state index in [0.29, 0.717) is 10.0 Å². The van der Waals surface area contributed by atoms with Gasteiger partial charge in [0.15, 0.2) is 0 Å². The van der Waals surface area contributed by atoms with Gasteiger partial charge in [-0.15, -0.1) is 0 Å². The average molecular weight is 308 g/mol. The van der Waals surface area contributed by atoms with Crippen LogP contribution in [0.3, 0.4) is 0 Å². The average Bonchev–Trinajstić information content (AvgIpc) is 2.26. The van der Waals surface area contributed by atoms with Crippen LogP contribution in [0.15, 0.2) is 22.7 Å². The number of nitrogens with zero attached hydrogens (tertiary/aromatic N) is 1. The fraction of sp³-hybridized carbons (Fsp3) is 0.364. The summed E-state index contributed by atoms with van der Waals surface area (Å²) in [5.41, 5.74) is 0.391. The molecule has 0 aromatic heterocycles. The smallest absolute Gasteiger partial charge is 0.272 e. The minimum atomic E-state index is -2.55. The lowest BCUT2D eigenvalue weighted by molar-refractivity contribution is 0.0806. The molecule has 0 N–H and O–H groups in total. The molecule has 0 unspecified atom stereocenters. The first kappa shape index (κ1) is 13.9. The molecule has 0 saturated carbocycles. The molecule has 1 aromatic rings. The van der Waals surface area contributed by atoms with Crippen molar-refractivity contribution in [3.8, 4) is 5.75 Å². The van der Waals surface area contributed by atoms with Gasteiger partial charge in [0.2, 0.25) is 0 Å². The largest absolute Gasteiger partial charge is 0.486 e. The van der Waals surface area contributed by atoms with Crippen LogP contribution in [-0.2, 0) is 0 Å². The van der Waals surface area contributed by atoms with Gasteiger partial charge in [-0.1, -0.05) is 0 Å². The highest BCUT2D eigenvalue weighted by molar-refractivity contribution is 9.10. The van der Waals surface area contributed by atoms with Gasteiger partial charge in [-0.05, 0) is 34.1 Å². The summed E-state index contributed by atoms with van der Waals surface area (Å²) >= 11 is 3.17. The van der Waals surface area contributed by atoms with Crippen molar-refractivity contribution >= 4 is 21.8 Å². The van der Waals surface area contributed by atoms with Crippen LogP contribution in [0.5, 0.6) is 5.75 Å². The van der Waals surface area contributed by atoms with Gasteiger partial charge in [-0.25, -0.2) is 8.78 Å². The lowest BCUT2D eigenvalue weighted by Crippen LogP contribution is -2.21. The van der Waals surface area contributed by atoms with E-state index < -0.39 is 13.0 Å². The maximum atomic E-state index is 12.0. The van der Waals surface area contributed by atoms with Crippen molar-refractivity contribution in [1.82, 2.24) is 4.90 Å². The quantitative estimate of drug-likeness (QED) is 0.856. The molecular formula is C11H12BrF2NO2. The molecule has 0 saturated heterocycles. The first-order valence-corrected chi connectivity index (χ1v) is 5.63. The second-order valence-electron chi connectivity index (χ2n) is 3.55. The van der Waals surface area contributed by atoms with E-state index in [4.69, 9.17) is 4.74 Å². The van der Waals surface area contributed by atoms with Crippen molar-refractivity contribution in [2.45, 2.75) is 6.43 Å². The molecule has 0 radical (unpaired) electrons. The fourth-order valence-corrected chi connectivity index (χ4v) is 1.52. The Kier molecular flexibility index (Phi) is 4.86. The van der Waals surface area contributed by atoms with Crippen LogP contribution < -0.4 is 4.74 Å². The van der Waals surface area contributed by atoms with Crippen molar-refractivity contribution in [3.05, 3.63) is 28.2 Å². The standard InChI is InChI=1S/C11H12BrF2NO2/c1-15(2)11(16)7-3-4-8(12)9(5-7)17-6-10(13)14/h3-5,10H,6H2,1-2H3. The summed E-state index contributed by atoms with van der Waals surface area (Å²) in [6.45, 7) is -0.696. The molecular weight excluding hydrogens is 296 g/mol. The zero-order chi connectivity index (χ0) is 13.0. The Hall–Kier alpha value is -1.17. The maximum absolute atomic E-state index is 12.0. The second-order valence-corrected chi connectivity index (χ2v) is 4.40. The Bertz CT molecular complexity index is 410. The minimum Gasteiger partial charge on any atom is -0.486 e. The van der Waals surface area contributed by atoms with Crippen LogP contribution in [0.4, 0.5) is 8.78 Å². The molecule has 3 nitrogen and oxygen atoms in total. The molecule has 0 bridgehead atoms. The molecule has 0 aliphatic heterocycles. The Labute approximate surface area is 106 Å². The van der Waals surface area contributed by atoms with Crippen molar-refractivity contribution < 1.29 is 18.3 Å². The molecule has 0 aliphatic carbocycles. The second kappa shape index (κ2) is 5.95. The Balaban J connectivity index is 2.90. The number of halogens is 3. The van der Waals surface area contributed by atoms with Gasteiger partial charge in [-0.3, -0.25) is 4.79 Å². The SMILES string of the molecule is CN(C)C(=O)c1ccc(Br)c(OCC(F)F)c1. The number of hydrogen-bond acceptors (Lipinski definition) is 2. The van der Waals surface area contributed by atoms with Crippen LogP contribution in [0, 0.1) is 0 Å². The summed E-state index contributed by atoms with van der Waals surface area (Å²) in [6, 6.07) is 4.63. The van der Waals surface area contributed by atoms with Gasteiger partial charge in [0, 0.05) is 19.7 Å². The Morgan fingerprint density at radius 1 is 1.47 bits per heavy atom. The van der Waals surface area contributed by atoms with Crippen LogP contribution in [0.25, 0.3) is 0 Å². The number of alkyl halides is 2. The van der Waals surface area contributed by atoms with Crippen molar-refractivity contribution in [1.29, 1.82) is 0 Å². The van der Waals surface area contributed by atoms with E-state index in [2.05, 4.69) is 15.9 Å². The third-order valence-corrected chi connectivity index (χ3v) is 2.60. The minimum absolute atomic E-state index is 0.209. The maximum Gasteiger partial charge on any atom is 0.272 e. The molecule has 1 aromatic carbocycles. The monoisotopic (exact) mass is 307 g/mol. The lowest BCUT2D eigenvalue weighted by atomic mass is 10.2. The van der Waals surface area contributed by atoms with Crippen molar-refractivity contribution in [2.24, 2.45) is 0 Å². The highest BCUT2D eigenvalue weighted by atomic mass is 79.9. The summed E-state index contributed by atoms with van der Waals surface area (Å²) in [6.07, 6.45) is -2.55. The zero-order valence-electron chi connectivity index (χ0n) is 9.41. The van der Waals surface area contributed by atoms with Crippen LogP contribution in [0.1, 0.15) is 10.4 Å². The van der Waals surface area contributed by atoms with Gasteiger partial charge in [0.1, 0.15) is 12.4 Å². The summed E-state index contributed by atoms with van der Waals surface area (Å²) < 4.78 is 29.5. The van der Waals surface area contributed by atoms with E-state index in [-0.39, 0.29) is 11.7 Å². The van der Waals surface area contributed by atoms with E-state index in [1.807, 2.05) is 0 Å². The summed E-state index contributed by atoms with van der Waals surface area (Å²) in [5, 5.41) is 0. The Morgan fingerprint density at radius 2 is 2.12 bits per heavy atom. The van der Waals surface area contributed by atoms with Gasteiger partial charge in [0.05, 0.1) is 4.47 Å². The molecule has 0 heterocycles. The number of ether oxygens (including phenoxy) is 1. The summed E-state index contributed by atoms with van der Waals surface area (Å²) in [4.78, 5) is 13.1. The van der Waals surface area contributed by atoms with Gasteiger partial charge in [-0.2, -0.15) is 0 Å². The molecule has 0 spiro atoms. The van der Waals surface area contributed by atoms with Crippen LogP contribution in [-0.4, -0.2) is 37.9 Å². The lowest BCUT2D eigenvalue weighted by Gasteiger charge is -2.13. The van der Waals surface area contributed by atoms with E-state index in [1.54, 1.807) is 26.2 Å². The molecule has 17 heavy (non-hydrogen) atoms. The molecule has 1 rings (SSSR count). The zero-order valence-corrected chi connectivity index (χ0v) is 11.0. The normalized spacial score (nSPS) is 10.5. The van der Waals surface area contributed by atoms with Gasteiger partial charge in [0.25, 0.3) is 12.3 Å². The molecule has 1 amide bonds. The molecule has 94 valence electrons. The number of benzene rings is 1. The van der Waals surface area contributed by atoms with E-state index >= 15 is 0 Å². The molecule has 0 fully saturated rings. The molecule has 6 heteroatoms. The third-order valence-electron chi connectivity index (χ3n) is 1.95. The number of rotatable bonds is 4. The highest BCUT2D eigenvalue weighted by Crippen LogP contribution is 2.26. The fourth-order valence-electron chi connectivity index (χ4n) is 1.16. The number of carbonyl (C=O) groups excluding carboxylic acids is 1. The third kappa shape index (κ3) is 3.96. The van der Waals surface area contributed by atoms with E-state index in [0.717, 1.165) is 0 Å². The summed E-state index contributed by atoms with van der Waals surface area (Å²) in [5.74, 6) is 0.0254. The highest BCUT2D eigenvalue weighted by Gasteiger charge is 2.12. The van der Waals surface area contributed by atoms with E-state index in [1.165, 1.54) is 11.0 Å². The topological polar surface area (TPSA) is 29.5 Å².